The van der Waals surface area contributed by atoms with E-state index in [0.29, 0.717) is 0 Å². The van der Waals surface area contributed by atoms with E-state index in [-0.39, 0.29) is 5.97 Å². The molecule has 0 saturated carbocycles. The summed E-state index contributed by atoms with van der Waals surface area (Å²) in [6.07, 6.45) is 8.30. The molecule has 4 heteroatoms. The van der Waals surface area contributed by atoms with Gasteiger partial charge in [0.15, 0.2) is 0 Å². The number of carbonyl (C=O) groups is 1. The summed E-state index contributed by atoms with van der Waals surface area (Å²) in [6.45, 7) is 8.48. The lowest BCUT2D eigenvalue weighted by Gasteiger charge is -2.29. The fourth-order valence-electron chi connectivity index (χ4n) is 2.90. The third-order valence-electron chi connectivity index (χ3n) is 4.25. The highest BCUT2D eigenvalue weighted by Crippen LogP contribution is 2.16. The number of nitrogens with zero attached hydrogens (tertiary/aromatic N) is 1. The summed E-state index contributed by atoms with van der Waals surface area (Å²) in [7, 11) is 1.48. The molecule has 1 saturated heterocycles. The van der Waals surface area contributed by atoms with Crippen LogP contribution in [-0.2, 0) is 9.53 Å². The molecule has 1 heterocycles. The molecule has 0 spiro atoms. The zero-order valence-corrected chi connectivity index (χ0v) is 13.5. The number of hydrogen-bond acceptors (Lipinski definition) is 4. The van der Waals surface area contributed by atoms with Crippen LogP contribution in [0.15, 0.2) is 0 Å². The monoisotopic (exact) mass is 284 g/mol. The minimum atomic E-state index is -0.531. The lowest BCUT2D eigenvalue weighted by Crippen LogP contribution is -2.50. The van der Waals surface area contributed by atoms with Gasteiger partial charge in [-0.3, -0.25) is 4.79 Å². The van der Waals surface area contributed by atoms with Crippen LogP contribution in [0.4, 0.5) is 0 Å². The first-order valence-electron chi connectivity index (χ1n) is 8.18. The lowest BCUT2D eigenvalue weighted by molar-refractivity contribution is -0.148. The quantitative estimate of drug-likeness (QED) is 0.696. The highest BCUT2D eigenvalue weighted by molar-refractivity contribution is 5.80. The van der Waals surface area contributed by atoms with Gasteiger partial charge in [0.1, 0.15) is 5.54 Å². The van der Waals surface area contributed by atoms with E-state index in [1.165, 1.54) is 45.9 Å². The average Bonchev–Trinajstić information content (AvgIpc) is 2.73. The third-order valence-corrected chi connectivity index (χ3v) is 4.25. The summed E-state index contributed by atoms with van der Waals surface area (Å²) in [6, 6.07) is 0. The Labute approximate surface area is 124 Å². The van der Waals surface area contributed by atoms with Crippen LogP contribution in [0.5, 0.6) is 0 Å². The lowest BCUT2D eigenvalue weighted by atomic mass is 9.95. The molecule has 0 aromatic rings. The molecule has 0 bridgehead atoms. The molecule has 118 valence electrons. The Morgan fingerprint density at radius 2 is 1.90 bits per heavy atom. The SMILES string of the molecule is CCCNC(C)(CCCN1CCCCCC1)C(=O)OC. The Hall–Kier alpha value is -0.610. The summed E-state index contributed by atoms with van der Waals surface area (Å²) < 4.78 is 4.96. The third kappa shape index (κ3) is 5.80. The zero-order valence-electron chi connectivity index (χ0n) is 13.5. The van der Waals surface area contributed by atoms with Gasteiger partial charge in [-0.15, -0.1) is 0 Å². The van der Waals surface area contributed by atoms with E-state index in [2.05, 4.69) is 17.1 Å². The average molecular weight is 284 g/mol. The Bertz CT molecular complexity index is 276. The van der Waals surface area contributed by atoms with Crippen molar-refractivity contribution in [3.63, 3.8) is 0 Å². The molecule has 1 atom stereocenters. The number of likely N-dealkylation sites (tertiary alicyclic amines) is 1. The number of esters is 1. The maximum Gasteiger partial charge on any atom is 0.325 e. The van der Waals surface area contributed by atoms with E-state index < -0.39 is 5.54 Å². The van der Waals surface area contributed by atoms with Crippen molar-refractivity contribution in [3.8, 4) is 0 Å². The smallest absolute Gasteiger partial charge is 0.325 e. The van der Waals surface area contributed by atoms with Crippen LogP contribution in [0.3, 0.4) is 0 Å². The molecule has 4 nitrogen and oxygen atoms in total. The van der Waals surface area contributed by atoms with Gasteiger partial charge in [0.05, 0.1) is 7.11 Å². The van der Waals surface area contributed by atoms with Crippen LogP contribution < -0.4 is 5.32 Å². The van der Waals surface area contributed by atoms with Crippen LogP contribution >= 0.6 is 0 Å². The van der Waals surface area contributed by atoms with Gasteiger partial charge in [-0.2, -0.15) is 0 Å². The Kier molecular flexibility index (Phi) is 8.15. The molecule has 1 aliphatic heterocycles. The van der Waals surface area contributed by atoms with E-state index >= 15 is 0 Å². The number of rotatable bonds is 8. The first-order chi connectivity index (χ1) is 9.62. The van der Waals surface area contributed by atoms with Crippen molar-refractivity contribution in [2.24, 2.45) is 0 Å². The molecule has 1 N–H and O–H groups in total. The van der Waals surface area contributed by atoms with Crippen molar-refractivity contribution in [1.29, 1.82) is 0 Å². The van der Waals surface area contributed by atoms with Crippen LogP contribution in [0, 0.1) is 0 Å². The molecule has 0 aliphatic carbocycles. The van der Waals surface area contributed by atoms with E-state index in [9.17, 15) is 4.79 Å². The number of methoxy groups -OCH3 is 1. The first-order valence-corrected chi connectivity index (χ1v) is 8.18. The molecular formula is C16H32N2O2. The number of carbonyl (C=O) groups excluding carboxylic acids is 1. The van der Waals surface area contributed by atoms with Gasteiger partial charge in [-0.1, -0.05) is 19.8 Å². The second-order valence-electron chi connectivity index (χ2n) is 6.11. The molecule has 0 aromatic carbocycles. The highest BCUT2D eigenvalue weighted by Gasteiger charge is 2.33. The predicted molar refractivity (Wildman–Crippen MR) is 82.9 cm³/mol. The van der Waals surface area contributed by atoms with Crippen molar-refractivity contribution >= 4 is 5.97 Å². The highest BCUT2D eigenvalue weighted by atomic mass is 16.5. The first kappa shape index (κ1) is 17.4. The summed E-state index contributed by atoms with van der Waals surface area (Å²) in [5.74, 6) is -0.137. The summed E-state index contributed by atoms with van der Waals surface area (Å²) in [5, 5.41) is 3.35. The van der Waals surface area contributed by atoms with Gasteiger partial charge in [0.2, 0.25) is 0 Å². The second kappa shape index (κ2) is 9.35. The molecular weight excluding hydrogens is 252 g/mol. The van der Waals surface area contributed by atoms with E-state index in [1.54, 1.807) is 0 Å². The van der Waals surface area contributed by atoms with Crippen LogP contribution in [-0.4, -0.2) is 49.7 Å². The minimum Gasteiger partial charge on any atom is -0.468 e. The molecule has 1 aliphatic rings. The van der Waals surface area contributed by atoms with E-state index in [4.69, 9.17) is 4.74 Å². The van der Waals surface area contributed by atoms with Crippen LogP contribution in [0.25, 0.3) is 0 Å². The molecule has 20 heavy (non-hydrogen) atoms. The number of hydrogen-bond donors (Lipinski definition) is 1. The maximum atomic E-state index is 12.0. The topological polar surface area (TPSA) is 41.6 Å². The van der Waals surface area contributed by atoms with Gasteiger partial charge in [-0.25, -0.2) is 0 Å². The maximum absolute atomic E-state index is 12.0. The fraction of sp³-hybridized carbons (Fsp3) is 0.938. The van der Waals surface area contributed by atoms with Crippen molar-refractivity contribution in [1.82, 2.24) is 10.2 Å². The second-order valence-corrected chi connectivity index (χ2v) is 6.11. The van der Waals surface area contributed by atoms with Crippen molar-refractivity contribution < 1.29 is 9.53 Å². The van der Waals surface area contributed by atoms with Crippen molar-refractivity contribution in [2.45, 2.75) is 64.3 Å². The fourth-order valence-corrected chi connectivity index (χ4v) is 2.90. The minimum absolute atomic E-state index is 0.137. The van der Waals surface area contributed by atoms with Gasteiger partial charge in [-0.05, 0) is 65.2 Å². The van der Waals surface area contributed by atoms with Gasteiger partial charge >= 0.3 is 5.97 Å². The van der Waals surface area contributed by atoms with Crippen LogP contribution in [0.2, 0.25) is 0 Å². The Balaban J connectivity index is 2.38. The molecule has 0 amide bonds. The van der Waals surface area contributed by atoms with Gasteiger partial charge in [0.25, 0.3) is 0 Å². The van der Waals surface area contributed by atoms with E-state index in [0.717, 1.165) is 32.4 Å². The summed E-state index contributed by atoms with van der Waals surface area (Å²) in [4.78, 5) is 14.5. The van der Waals surface area contributed by atoms with Crippen LogP contribution in [0.1, 0.15) is 58.8 Å². The molecule has 0 radical (unpaired) electrons. The van der Waals surface area contributed by atoms with E-state index in [1.807, 2.05) is 6.92 Å². The summed E-state index contributed by atoms with van der Waals surface area (Å²) in [5.41, 5.74) is -0.531. The van der Waals surface area contributed by atoms with Gasteiger partial charge in [0, 0.05) is 0 Å². The van der Waals surface area contributed by atoms with Crippen molar-refractivity contribution in [3.05, 3.63) is 0 Å². The number of ether oxygens (including phenoxy) is 1. The molecule has 1 unspecified atom stereocenters. The number of nitrogens with one attached hydrogen (secondary N) is 1. The Morgan fingerprint density at radius 3 is 2.45 bits per heavy atom. The Morgan fingerprint density at radius 1 is 1.25 bits per heavy atom. The standard InChI is InChI=1S/C16H32N2O2/c1-4-11-17-16(2,15(19)20-3)10-9-14-18-12-7-5-6-8-13-18/h17H,4-14H2,1-3H3. The van der Waals surface area contributed by atoms with Crippen molar-refractivity contribution in [2.75, 3.05) is 33.3 Å². The molecule has 1 fully saturated rings. The molecule has 1 rings (SSSR count). The summed E-state index contributed by atoms with van der Waals surface area (Å²) >= 11 is 0. The largest absolute Gasteiger partial charge is 0.468 e. The predicted octanol–water partition coefficient (Wildman–Crippen LogP) is 2.57. The van der Waals surface area contributed by atoms with Gasteiger partial charge < -0.3 is 15.0 Å². The normalized spacial score (nSPS) is 20.1. The molecule has 0 aromatic heterocycles. The zero-order chi connectivity index (χ0) is 14.8.